The molecule has 2 aliphatic rings. The topological polar surface area (TPSA) is 18.5 Å². The molecule has 1 fully saturated rings. The summed E-state index contributed by atoms with van der Waals surface area (Å²) in [6.45, 7) is 3.77. The second kappa shape index (κ2) is 8.99. The van der Waals surface area contributed by atoms with Gasteiger partial charge in [-0.05, 0) is 66.1 Å². The summed E-state index contributed by atoms with van der Waals surface area (Å²) < 4.78 is 38.8. The molecule has 3 aromatic carbocycles. The number of hydrogen-bond donors (Lipinski definition) is 1. The lowest BCUT2D eigenvalue weighted by atomic mass is 9.83. The molecular formula is C26H24Cl2F3N3. The molecule has 1 unspecified atom stereocenters. The summed E-state index contributed by atoms with van der Waals surface area (Å²) in [5.74, 6) is 0. The quantitative estimate of drug-likeness (QED) is 0.425. The third-order valence-corrected chi connectivity index (χ3v) is 7.35. The number of nitrogens with zero attached hydrogens (tertiary/aromatic N) is 2. The first-order valence-corrected chi connectivity index (χ1v) is 12.0. The van der Waals surface area contributed by atoms with Crippen LogP contribution in [-0.2, 0) is 18.1 Å². The van der Waals surface area contributed by atoms with Gasteiger partial charge in [0.2, 0.25) is 0 Å². The van der Waals surface area contributed by atoms with Crippen molar-refractivity contribution < 1.29 is 13.2 Å². The van der Waals surface area contributed by atoms with Crippen LogP contribution in [0.1, 0.15) is 16.7 Å². The number of benzene rings is 3. The zero-order chi connectivity index (χ0) is 23.9. The Morgan fingerprint density at radius 1 is 0.853 bits per heavy atom. The molecular weight excluding hydrogens is 482 g/mol. The molecule has 34 heavy (non-hydrogen) atoms. The van der Waals surface area contributed by atoms with Crippen LogP contribution in [0.3, 0.4) is 0 Å². The smallest absolute Gasteiger partial charge is 0.382 e. The highest BCUT2D eigenvalue weighted by molar-refractivity contribution is 6.31. The van der Waals surface area contributed by atoms with E-state index in [1.807, 2.05) is 30.3 Å². The Kier molecular flexibility index (Phi) is 6.17. The Bertz CT molecular complexity index is 1170. The van der Waals surface area contributed by atoms with Crippen LogP contribution >= 0.6 is 23.2 Å². The number of hydrogen-bond acceptors (Lipinski definition) is 3. The molecule has 0 radical (unpaired) electrons. The third-order valence-electron chi connectivity index (χ3n) is 6.88. The predicted molar refractivity (Wildman–Crippen MR) is 132 cm³/mol. The maximum atomic E-state index is 12.9. The predicted octanol–water partition coefficient (Wildman–Crippen LogP) is 6.70. The molecule has 1 saturated heterocycles. The minimum Gasteiger partial charge on any atom is -0.382 e. The van der Waals surface area contributed by atoms with Crippen molar-refractivity contribution >= 4 is 34.6 Å². The van der Waals surface area contributed by atoms with Gasteiger partial charge < -0.3 is 10.2 Å². The fraction of sp³-hybridized carbons (Fsp3) is 0.308. The molecule has 2 aliphatic heterocycles. The SMILES string of the molecule is FC(F)(F)c1ccc(N2CCN(C3(Cc4cccc(Cl)c4)CNc4cc(Cl)ccc43)CC2)cc1. The van der Waals surface area contributed by atoms with Crippen LogP contribution in [0.25, 0.3) is 0 Å². The summed E-state index contributed by atoms with van der Waals surface area (Å²) in [5.41, 5.74) is 3.33. The first kappa shape index (κ1) is 23.3. The number of halogens is 5. The average Bonchev–Trinajstić information content (AvgIpc) is 3.17. The summed E-state index contributed by atoms with van der Waals surface area (Å²) in [6, 6.07) is 19.4. The largest absolute Gasteiger partial charge is 0.416 e. The van der Waals surface area contributed by atoms with Gasteiger partial charge in [-0.15, -0.1) is 0 Å². The lowest BCUT2D eigenvalue weighted by Crippen LogP contribution is -2.57. The van der Waals surface area contributed by atoms with Gasteiger partial charge in [-0.1, -0.05) is 41.4 Å². The molecule has 0 saturated carbocycles. The van der Waals surface area contributed by atoms with Gasteiger partial charge in [0.05, 0.1) is 11.1 Å². The van der Waals surface area contributed by atoms with Crippen LogP contribution in [0.2, 0.25) is 10.0 Å². The van der Waals surface area contributed by atoms with Gasteiger partial charge in [0.15, 0.2) is 0 Å². The van der Waals surface area contributed by atoms with Crippen LogP contribution in [-0.4, -0.2) is 37.6 Å². The average molecular weight is 506 g/mol. The van der Waals surface area contributed by atoms with Crippen molar-refractivity contribution in [3.8, 4) is 0 Å². The minimum atomic E-state index is -4.32. The Morgan fingerprint density at radius 2 is 1.56 bits per heavy atom. The summed E-state index contributed by atoms with van der Waals surface area (Å²) in [5, 5.41) is 4.95. The maximum absolute atomic E-state index is 12.9. The molecule has 1 N–H and O–H groups in total. The lowest BCUT2D eigenvalue weighted by molar-refractivity contribution is -0.137. The second-order valence-corrected chi connectivity index (χ2v) is 9.77. The first-order chi connectivity index (χ1) is 16.2. The van der Waals surface area contributed by atoms with Crippen LogP contribution in [0.4, 0.5) is 24.5 Å². The molecule has 3 aromatic rings. The van der Waals surface area contributed by atoms with Crippen LogP contribution < -0.4 is 10.2 Å². The number of nitrogens with one attached hydrogen (secondary N) is 1. The number of anilines is 2. The van der Waals surface area contributed by atoms with E-state index in [-0.39, 0.29) is 5.54 Å². The first-order valence-electron chi connectivity index (χ1n) is 11.2. The van der Waals surface area contributed by atoms with E-state index in [2.05, 4.69) is 27.2 Å². The molecule has 0 bridgehead atoms. The third kappa shape index (κ3) is 4.47. The molecule has 8 heteroatoms. The van der Waals surface area contributed by atoms with Gasteiger partial charge in [-0.3, -0.25) is 4.90 Å². The monoisotopic (exact) mass is 505 g/mol. The van der Waals surface area contributed by atoms with E-state index in [4.69, 9.17) is 23.2 Å². The van der Waals surface area contributed by atoms with Crippen molar-refractivity contribution in [2.45, 2.75) is 18.1 Å². The van der Waals surface area contributed by atoms with Gasteiger partial charge in [-0.25, -0.2) is 0 Å². The van der Waals surface area contributed by atoms with E-state index in [1.54, 1.807) is 12.1 Å². The van der Waals surface area contributed by atoms with Crippen LogP contribution in [0, 0.1) is 0 Å². The van der Waals surface area contributed by atoms with Crippen molar-refractivity contribution in [2.24, 2.45) is 0 Å². The lowest BCUT2D eigenvalue weighted by Gasteiger charge is -2.46. The normalized spacial score (nSPS) is 20.8. The Morgan fingerprint density at radius 3 is 2.24 bits per heavy atom. The van der Waals surface area contributed by atoms with E-state index in [0.717, 1.165) is 68.2 Å². The van der Waals surface area contributed by atoms with E-state index >= 15 is 0 Å². The molecule has 178 valence electrons. The second-order valence-electron chi connectivity index (χ2n) is 8.90. The van der Waals surface area contributed by atoms with Gasteiger partial charge in [0.1, 0.15) is 0 Å². The highest BCUT2D eigenvalue weighted by Gasteiger charge is 2.45. The van der Waals surface area contributed by atoms with Crippen molar-refractivity contribution in [3.05, 3.63) is 93.5 Å². The summed E-state index contributed by atoms with van der Waals surface area (Å²) >= 11 is 12.5. The zero-order valence-corrected chi connectivity index (χ0v) is 19.9. The molecule has 0 aliphatic carbocycles. The molecule has 1 atom stereocenters. The molecule has 0 aromatic heterocycles. The Balaban J connectivity index is 1.40. The molecule has 0 spiro atoms. The highest BCUT2D eigenvalue weighted by atomic mass is 35.5. The molecule has 5 rings (SSSR count). The van der Waals surface area contributed by atoms with Gasteiger partial charge in [0.25, 0.3) is 0 Å². The van der Waals surface area contributed by atoms with E-state index in [9.17, 15) is 13.2 Å². The fourth-order valence-electron chi connectivity index (χ4n) is 5.20. The minimum absolute atomic E-state index is 0.267. The number of alkyl halides is 3. The van der Waals surface area contributed by atoms with Crippen LogP contribution in [0.5, 0.6) is 0 Å². The Labute approximate surface area is 207 Å². The van der Waals surface area contributed by atoms with Crippen molar-refractivity contribution in [1.29, 1.82) is 0 Å². The summed E-state index contributed by atoms with van der Waals surface area (Å²) in [6.07, 6.45) is -3.54. The number of fused-ring (bicyclic) bond motifs is 1. The number of rotatable bonds is 4. The van der Waals surface area contributed by atoms with E-state index in [1.165, 1.54) is 5.56 Å². The van der Waals surface area contributed by atoms with Gasteiger partial charge in [0, 0.05) is 54.1 Å². The van der Waals surface area contributed by atoms with E-state index in [0.29, 0.717) is 10.0 Å². The van der Waals surface area contributed by atoms with Crippen molar-refractivity contribution in [3.63, 3.8) is 0 Å². The molecule has 3 nitrogen and oxygen atoms in total. The van der Waals surface area contributed by atoms with E-state index < -0.39 is 11.7 Å². The van der Waals surface area contributed by atoms with Crippen molar-refractivity contribution in [1.82, 2.24) is 4.90 Å². The standard InChI is InChI=1S/C26H24Cl2F3N3/c27-20-3-1-2-18(14-20)16-25(17-32-24-15-21(28)6-9-23(24)25)34-12-10-33(11-13-34)22-7-4-19(5-8-22)26(29,30)31/h1-9,14-15,32H,10-13,16-17H2. The van der Waals surface area contributed by atoms with Gasteiger partial charge in [-0.2, -0.15) is 13.2 Å². The van der Waals surface area contributed by atoms with Crippen molar-refractivity contribution in [2.75, 3.05) is 42.9 Å². The fourth-order valence-corrected chi connectivity index (χ4v) is 5.58. The van der Waals surface area contributed by atoms with Crippen LogP contribution in [0.15, 0.2) is 66.7 Å². The maximum Gasteiger partial charge on any atom is 0.416 e. The molecule has 2 heterocycles. The summed E-state index contributed by atoms with van der Waals surface area (Å²) in [7, 11) is 0. The highest BCUT2D eigenvalue weighted by Crippen LogP contribution is 2.44. The van der Waals surface area contributed by atoms with Gasteiger partial charge >= 0.3 is 6.18 Å². The Hall–Kier alpha value is -2.41. The summed E-state index contributed by atoms with van der Waals surface area (Å²) in [4.78, 5) is 4.64. The molecule has 0 amide bonds. The number of piperazine rings is 1. The zero-order valence-electron chi connectivity index (χ0n) is 18.4.